The normalized spacial score (nSPS) is 14.2. The summed E-state index contributed by atoms with van der Waals surface area (Å²) in [5.41, 5.74) is 0.670. The summed E-state index contributed by atoms with van der Waals surface area (Å²) in [5, 5.41) is 10.7. The van der Waals surface area contributed by atoms with E-state index in [-0.39, 0.29) is 5.82 Å². The average Bonchev–Trinajstić information content (AvgIpc) is 2.40. The molecule has 2 heteroatoms. The number of aliphatic hydroxyl groups is 1. The summed E-state index contributed by atoms with van der Waals surface area (Å²) in [6.45, 7) is 1.91. The minimum absolute atomic E-state index is 0.313. The summed E-state index contributed by atoms with van der Waals surface area (Å²) < 4.78 is 13.3. The van der Waals surface area contributed by atoms with Crippen molar-refractivity contribution in [2.75, 3.05) is 0 Å². The number of hydrogen-bond acceptors (Lipinski definition) is 1. The van der Waals surface area contributed by atoms with Gasteiger partial charge < -0.3 is 5.11 Å². The van der Waals surface area contributed by atoms with Crippen LogP contribution in [0.15, 0.2) is 54.6 Å². The first-order valence-electron chi connectivity index (χ1n) is 6.16. The molecule has 1 unspecified atom stereocenters. The monoisotopic (exact) mass is 244 g/mol. The Morgan fingerprint density at radius 2 is 1.78 bits per heavy atom. The Hall–Kier alpha value is -1.67. The maximum absolute atomic E-state index is 13.3. The van der Waals surface area contributed by atoms with Gasteiger partial charge in [0.1, 0.15) is 5.82 Å². The van der Waals surface area contributed by atoms with E-state index in [0.29, 0.717) is 18.4 Å². The highest BCUT2D eigenvalue weighted by molar-refractivity contribution is 5.27. The van der Waals surface area contributed by atoms with Gasteiger partial charge in [0.15, 0.2) is 0 Å². The average molecular weight is 244 g/mol. The van der Waals surface area contributed by atoms with Crippen LogP contribution >= 0.6 is 0 Å². The van der Waals surface area contributed by atoms with Gasteiger partial charge in [0.2, 0.25) is 0 Å². The molecule has 2 rings (SSSR count). The molecule has 0 amide bonds. The van der Waals surface area contributed by atoms with Crippen molar-refractivity contribution in [1.29, 1.82) is 0 Å². The lowest BCUT2D eigenvalue weighted by Gasteiger charge is -2.27. The molecule has 1 nitrogen and oxygen atoms in total. The molecule has 2 aromatic rings. The van der Waals surface area contributed by atoms with Crippen LogP contribution in [-0.4, -0.2) is 5.11 Å². The van der Waals surface area contributed by atoms with Crippen molar-refractivity contribution in [2.24, 2.45) is 0 Å². The first-order chi connectivity index (χ1) is 8.64. The van der Waals surface area contributed by atoms with Gasteiger partial charge in [-0.2, -0.15) is 0 Å². The van der Waals surface area contributed by atoms with Gasteiger partial charge in [0, 0.05) is 6.42 Å². The van der Waals surface area contributed by atoms with Crippen LogP contribution < -0.4 is 0 Å². The van der Waals surface area contributed by atoms with Crippen LogP contribution in [0.4, 0.5) is 4.39 Å². The lowest BCUT2D eigenvalue weighted by Crippen LogP contribution is -2.27. The molecule has 1 atom stereocenters. The molecule has 0 saturated heterocycles. The van der Waals surface area contributed by atoms with E-state index in [1.165, 1.54) is 12.1 Å². The smallest absolute Gasteiger partial charge is 0.123 e. The van der Waals surface area contributed by atoms with Crippen molar-refractivity contribution in [2.45, 2.75) is 25.4 Å². The van der Waals surface area contributed by atoms with E-state index in [1.807, 2.05) is 37.3 Å². The Bertz CT molecular complexity index is 510. The summed E-state index contributed by atoms with van der Waals surface area (Å²) in [6, 6.07) is 16.0. The van der Waals surface area contributed by atoms with Crippen LogP contribution in [0.25, 0.3) is 0 Å². The van der Waals surface area contributed by atoms with E-state index in [2.05, 4.69) is 0 Å². The second-order valence-electron chi connectivity index (χ2n) is 4.56. The van der Waals surface area contributed by atoms with Crippen LogP contribution in [0.1, 0.15) is 24.5 Å². The maximum atomic E-state index is 13.3. The van der Waals surface area contributed by atoms with Crippen molar-refractivity contribution in [3.8, 4) is 0 Å². The van der Waals surface area contributed by atoms with Crippen LogP contribution in [0.3, 0.4) is 0 Å². The van der Waals surface area contributed by atoms with Crippen molar-refractivity contribution in [3.63, 3.8) is 0 Å². The van der Waals surface area contributed by atoms with Crippen molar-refractivity contribution in [1.82, 2.24) is 0 Å². The molecule has 0 aliphatic heterocycles. The fourth-order valence-corrected chi connectivity index (χ4v) is 2.14. The molecule has 0 saturated carbocycles. The third-order valence-corrected chi connectivity index (χ3v) is 3.29. The summed E-state index contributed by atoms with van der Waals surface area (Å²) in [5.74, 6) is -0.313. The van der Waals surface area contributed by atoms with E-state index >= 15 is 0 Å². The zero-order valence-electron chi connectivity index (χ0n) is 10.4. The molecule has 0 heterocycles. The molecule has 0 aliphatic rings. The Morgan fingerprint density at radius 1 is 1.06 bits per heavy atom. The minimum Gasteiger partial charge on any atom is -0.385 e. The molecular weight excluding hydrogens is 227 g/mol. The summed E-state index contributed by atoms with van der Waals surface area (Å²) in [4.78, 5) is 0. The number of hydrogen-bond donors (Lipinski definition) is 1. The zero-order chi connectivity index (χ0) is 13.0. The van der Waals surface area contributed by atoms with Gasteiger partial charge in [-0.15, -0.1) is 0 Å². The van der Waals surface area contributed by atoms with E-state index < -0.39 is 5.60 Å². The highest BCUT2D eigenvalue weighted by atomic mass is 19.1. The lowest BCUT2D eigenvalue weighted by molar-refractivity contribution is 0.0324. The SMILES string of the molecule is CCC(O)(Cc1ccccc1)c1cccc(F)c1. The van der Waals surface area contributed by atoms with Crippen LogP contribution in [-0.2, 0) is 12.0 Å². The summed E-state index contributed by atoms with van der Waals surface area (Å²) >= 11 is 0. The van der Waals surface area contributed by atoms with Gasteiger partial charge in [-0.25, -0.2) is 4.39 Å². The van der Waals surface area contributed by atoms with Crippen molar-refractivity contribution < 1.29 is 9.50 Å². The van der Waals surface area contributed by atoms with Gasteiger partial charge in [0.05, 0.1) is 5.60 Å². The minimum atomic E-state index is -1.01. The highest BCUT2D eigenvalue weighted by Gasteiger charge is 2.27. The van der Waals surface area contributed by atoms with Crippen LogP contribution in [0.2, 0.25) is 0 Å². The molecule has 0 radical (unpaired) electrons. The van der Waals surface area contributed by atoms with Crippen LogP contribution in [0.5, 0.6) is 0 Å². The van der Waals surface area contributed by atoms with Crippen molar-refractivity contribution >= 4 is 0 Å². The molecule has 0 fully saturated rings. The Labute approximate surface area is 107 Å². The molecule has 94 valence electrons. The Morgan fingerprint density at radius 3 is 2.39 bits per heavy atom. The van der Waals surface area contributed by atoms with Crippen LogP contribution in [0, 0.1) is 5.82 Å². The molecule has 0 bridgehead atoms. The first-order valence-corrected chi connectivity index (χ1v) is 6.16. The van der Waals surface area contributed by atoms with Gasteiger partial charge >= 0.3 is 0 Å². The van der Waals surface area contributed by atoms with E-state index in [9.17, 15) is 9.50 Å². The van der Waals surface area contributed by atoms with E-state index in [4.69, 9.17) is 0 Å². The molecule has 0 aliphatic carbocycles. The third kappa shape index (κ3) is 2.77. The molecule has 0 spiro atoms. The second-order valence-corrected chi connectivity index (χ2v) is 4.56. The predicted octanol–water partition coefficient (Wildman–Crippen LogP) is 3.67. The van der Waals surface area contributed by atoms with Gasteiger partial charge in [0.25, 0.3) is 0 Å². The van der Waals surface area contributed by atoms with E-state index in [1.54, 1.807) is 12.1 Å². The third-order valence-electron chi connectivity index (χ3n) is 3.29. The second kappa shape index (κ2) is 5.32. The zero-order valence-corrected chi connectivity index (χ0v) is 10.4. The molecule has 18 heavy (non-hydrogen) atoms. The number of benzene rings is 2. The maximum Gasteiger partial charge on any atom is 0.123 e. The number of rotatable bonds is 4. The molecule has 1 N–H and O–H groups in total. The fourth-order valence-electron chi connectivity index (χ4n) is 2.14. The molecule has 0 aromatic heterocycles. The van der Waals surface area contributed by atoms with Gasteiger partial charge in [-0.05, 0) is 29.7 Å². The quantitative estimate of drug-likeness (QED) is 0.870. The molecular formula is C16H17FO. The van der Waals surface area contributed by atoms with E-state index in [0.717, 1.165) is 5.56 Å². The van der Waals surface area contributed by atoms with Crippen molar-refractivity contribution in [3.05, 3.63) is 71.5 Å². The fraction of sp³-hybridized carbons (Fsp3) is 0.250. The number of halogens is 1. The lowest BCUT2D eigenvalue weighted by atomic mass is 9.85. The Kier molecular flexibility index (Phi) is 3.78. The first kappa shape index (κ1) is 12.8. The summed E-state index contributed by atoms with van der Waals surface area (Å²) in [7, 11) is 0. The summed E-state index contributed by atoms with van der Waals surface area (Å²) in [6.07, 6.45) is 1.04. The largest absolute Gasteiger partial charge is 0.385 e. The predicted molar refractivity (Wildman–Crippen MR) is 70.7 cm³/mol. The molecule has 2 aromatic carbocycles. The topological polar surface area (TPSA) is 20.2 Å². The van der Waals surface area contributed by atoms with Gasteiger partial charge in [-0.3, -0.25) is 0 Å². The van der Waals surface area contributed by atoms with Gasteiger partial charge in [-0.1, -0.05) is 49.4 Å². The Balaban J connectivity index is 2.31. The standard InChI is InChI=1S/C16H17FO/c1-2-16(18,12-13-7-4-3-5-8-13)14-9-6-10-15(17)11-14/h3-11,18H,2,12H2,1H3. The highest BCUT2D eigenvalue weighted by Crippen LogP contribution is 2.29.